The maximum Gasteiger partial charge on any atom is 0.417 e. The molecule has 9 heteroatoms. The van der Waals surface area contributed by atoms with E-state index in [0.29, 0.717) is 18.9 Å². The van der Waals surface area contributed by atoms with E-state index in [0.717, 1.165) is 11.0 Å². The second-order valence-corrected chi connectivity index (χ2v) is 7.76. The summed E-state index contributed by atoms with van der Waals surface area (Å²) in [5, 5.41) is 18.4. The van der Waals surface area contributed by atoms with Gasteiger partial charge in [0.15, 0.2) is 0 Å². The molecule has 1 N–H and O–H groups in total. The van der Waals surface area contributed by atoms with Crippen LogP contribution in [0.25, 0.3) is 0 Å². The average Bonchev–Trinajstić information content (AvgIpc) is 3.19. The Labute approximate surface area is 158 Å². The topological polar surface area (TPSA) is 90.6 Å². The summed E-state index contributed by atoms with van der Waals surface area (Å²) in [6.45, 7) is 1.50. The molecular formula is C19H17F3N2O4. The van der Waals surface area contributed by atoms with Crippen molar-refractivity contribution in [3.63, 3.8) is 0 Å². The molecule has 0 spiro atoms. The van der Waals surface area contributed by atoms with Gasteiger partial charge in [0.05, 0.1) is 45.9 Å². The van der Waals surface area contributed by atoms with Crippen LogP contribution < -0.4 is 4.90 Å². The van der Waals surface area contributed by atoms with Crippen molar-refractivity contribution in [1.29, 1.82) is 5.26 Å². The molecule has 2 unspecified atom stereocenters. The zero-order chi connectivity index (χ0) is 20.5. The first-order chi connectivity index (χ1) is 13.1. The van der Waals surface area contributed by atoms with Gasteiger partial charge in [0, 0.05) is 13.0 Å². The first-order valence-electron chi connectivity index (χ1n) is 8.88. The summed E-state index contributed by atoms with van der Waals surface area (Å²) < 4.78 is 45.9. The van der Waals surface area contributed by atoms with Gasteiger partial charge in [-0.1, -0.05) is 0 Å². The molecule has 0 saturated carbocycles. The molecular weight excluding hydrogens is 377 g/mol. The molecule has 0 aliphatic carbocycles. The van der Waals surface area contributed by atoms with Gasteiger partial charge < -0.3 is 9.84 Å². The number of amides is 2. The SMILES string of the molecule is C[C@@]12CC[C@](CCO)(O1)C1C(=O)N(c3ccc(C#N)c(C(F)(F)F)c3)C(=O)C12. The fourth-order valence-corrected chi connectivity index (χ4v) is 5.06. The number of alkyl halides is 3. The lowest BCUT2D eigenvalue weighted by Gasteiger charge is -2.30. The van der Waals surface area contributed by atoms with Crippen LogP contribution in [0.1, 0.15) is 37.3 Å². The second kappa shape index (κ2) is 5.78. The standard InChI is InChI=1S/C19H17F3N2O4/c1-17-4-5-18(28-17,6-7-25)14-13(17)15(26)24(16(14)27)11-3-2-10(9-23)12(8-11)19(20,21)22/h2-3,8,13-14,25H,4-7H2,1H3/t13?,14?,17-,18+/m0/s1. The smallest absolute Gasteiger partial charge is 0.396 e. The van der Waals surface area contributed by atoms with Gasteiger partial charge in [0.2, 0.25) is 11.8 Å². The third-order valence-electron chi connectivity index (χ3n) is 6.23. The van der Waals surface area contributed by atoms with E-state index < -0.39 is 52.2 Å². The number of aliphatic hydroxyl groups excluding tert-OH is 1. The Bertz CT molecular complexity index is 921. The molecule has 4 atom stereocenters. The molecule has 2 amide bonds. The van der Waals surface area contributed by atoms with E-state index in [-0.39, 0.29) is 18.7 Å². The van der Waals surface area contributed by atoms with Crippen LogP contribution >= 0.6 is 0 Å². The predicted octanol–water partition coefficient (Wildman–Crippen LogP) is 2.39. The molecule has 3 heterocycles. The Morgan fingerprint density at radius 1 is 1.29 bits per heavy atom. The summed E-state index contributed by atoms with van der Waals surface area (Å²) in [5.41, 5.74) is -3.85. The van der Waals surface area contributed by atoms with Crippen molar-refractivity contribution in [2.45, 2.75) is 43.6 Å². The number of ether oxygens (including phenoxy) is 1. The van der Waals surface area contributed by atoms with Crippen LogP contribution in [0.4, 0.5) is 18.9 Å². The number of nitrogens with zero attached hydrogens (tertiary/aromatic N) is 2. The highest BCUT2D eigenvalue weighted by Gasteiger charge is 2.73. The number of benzene rings is 1. The van der Waals surface area contributed by atoms with Crippen molar-refractivity contribution in [3.8, 4) is 6.07 Å². The van der Waals surface area contributed by atoms with Crippen LogP contribution in [-0.2, 0) is 20.5 Å². The third kappa shape index (κ3) is 2.34. The Hall–Kier alpha value is -2.44. The van der Waals surface area contributed by atoms with Crippen molar-refractivity contribution >= 4 is 17.5 Å². The largest absolute Gasteiger partial charge is 0.417 e. The lowest BCUT2D eigenvalue weighted by atomic mass is 9.67. The van der Waals surface area contributed by atoms with Crippen molar-refractivity contribution in [1.82, 2.24) is 0 Å². The lowest BCUT2D eigenvalue weighted by Crippen LogP contribution is -2.42. The van der Waals surface area contributed by atoms with Gasteiger partial charge in [-0.2, -0.15) is 18.4 Å². The van der Waals surface area contributed by atoms with Gasteiger partial charge in [-0.05, 0) is 38.0 Å². The lowest BCUT2D eigenvalue weighted by molar-refractivity contribution is -0.138. The number of imide groups is 1. The zero-order valence-electron chi connectivity index (χ0n) is 14.9. The van der Waals surface area contributed by atoms with E-state index in [1.165, 1.54) is 12.1 Å². The van der Waals surface area contributed by atoms with Gasteiger partial charge in [-0.3, -0.25) is 9.59 Å². The Morgan fingerprint density at radius 2 is 1.96 bits per heavy atom. The Morgan fingerprint density at radius 3 is 2.57 bits per heavy atom. The van der Waals surface area contributed by atoms with Gasteiger partial charge in [0.25, 0.3) is 0 Å². The number of anilines is 1. The van der Waals surface area contributed by atoms with Crippen molar-refractivity contribution in [2.75, 3.05) is 11.5 Å². The number of fused-ring (bicyclic) bond motifs is 5. The number of hydrogen-bond acceptors (Lipinski definition) is 5. The minimum absolute atomic E-state index is 0.178. The monoisotopic (exact) mass is 394 g/mol. The molecule has 3 fully saturated rings. The molecule has 3 saturated heterocycles. The van der Waals surface area contributed by atoms with Crippen molar-refractivity contribution in [2.24, 2.45) is 11.8 Å². The third-order valence-corrected chi connectivity index (χ3v) is 6.23. The molecule has 3 aliphatic heterocycles. The number of aliphatic hydroxyl groups is 1. The summed E-state index contributed by atoms with van der Waals surface area (Å²) in [5.74, 6) is -2.86. The first-order valence-corrected chi connectivity index (χ1v) is 8.88. The average molecular weight is 394 g/mol. The van der Waals surface area contributed by atoms with Gasteiger partial charge in [0.1, 0.15) is 0 Å². The molecule has 0 radical (unpaired) electrons. The highest BCUT2D eigenvalue weighted by Crippen LogP contribution is 2.62. The highest BCUT2D eigenvalue weighted by molar-refractivity contribution is 6.23. The molecule has 3 aliphatic rings. The fraction of sp³-hybridized carbons (Fsp3) is 0.526. The van der Waals surface area contributed by atoms with Crippen LogP contribution in [0.3, 0.4) is 0 Å². The summed E-state index contributed by atoms with van der Waals surface area (Å²) >= 11 is 0. The maximum atomic E-state index is 13.3. The Kier molecular flexibility index (Phi) is 3.90. The molecule has 6 nitrogen and oxygen atoms in total. The predicted molar refractivity (Wildman–Crippen MR) is 88.8 cm³/mol. The van der Waals surface area contributed by atoms with Crippen molar-refractivity contribution < 1.29 is 32.6 Å². The van der Waals surface area contributed by atoms with E-state index in [1.54, 1.807) is 6.92 Å². The van der Waals surface area contributed by atoms with Crippen LogP contribution in [0.15, 0.2) is 18.2 Å². The molecule has 4 rings (SSSR count). The summed E-state index contributed by atoms with van der Waals surface area (Å²) in [4.78, 5) is 27.0. The molecule has 1 aromatic carbocycles. The molecule has 28 heavy (non-hydrogen) atoms. The summed E-state index contributed by atoms with van der Waals surface area (Å²) in [7, 11) is 0. The van der Waals surface area contributed by atoms with Crippen LogP contribution in [-0.4, -0.2) is 34.7 Å². The number of hydrogen-bond donors (Lipinski definition) is 1. The minimum atomic E-state index is -4.80. The van der Waals surface area contributed by atoms with Crippen LogP contribution in [0.2, 0.25) is 0 Å². The number of nitriles is 1. The van der Waals surface area contributed by atoms with Crippen molar-refractivity contribution in [3.05, 3.63) is 29.3 Å². The van der Waals surface area contributed by atoms with E-state index >= 15 is 0 Å². The molecule has 148 valence electrons. The van der Waals surface area contributed by atoms with Gasteiger partial charge >= 0.3 is 6.18 Å². The number of halogens is 3. The van der Waals surface area contributed by atoms with E-state index in [2.05, 4.69) is 0 Å². The first kappa shape index (κ1) is 18.9. The minimum Gasteiger partial charge on any atom is -0.396 e. The van der Waals surface area contributed by atoms with Crippen LogP contribution in [0.5, 0.6) is 0 Å². The Balaban J connectivity index is 1.79. The highest BCUT2D eigenvalue weighted by atomic mass is 19.4. The summed E-state index contributed by atoms with van der Waals surface area (Å²) in [6.07, 6.45) is -3.59. The number of carbonyl (C=O) groups is 2. The van der Waals surface area contributed by atoms with E-state index in [4.69, 9.17) is 10.00 Å². The normalized spacial score (nSPS) is 34.1. The second-order valence-electron chi connectivity index (χ2n) is 7.76. The molecule has 1 aromatic rings. The zero-order valence-corrected chi connectivity index (χ0v) is 14.9. The number of carbonyl (C=O) groups excluding carboxylic acids is 2. The molecule has 2 bridgehead atoms. The summed E-state index contributed by atoms with van der Waals surface area (Å²) in [6, 6.07) is 4.28. The van der Waals surface area contributed by atoms with E-state index in [9.17, 15) is 27.9 Å². The number of rotatable bonds is 3. The van der Waals surface area contributed by atoms with Gasteiger partial charge in [-0.25, -0.2) is 4.90 Å². The fourth-order valence-electron chi connectivity index (χ4n) is 5.06. The van der Waals surface area contributed by atoms with E-state index in [1.807, 2.05) is 0 Å². The quantitative estimate of drug-likeness (QED) is 0.795. The van der Waals surface area contributed by atoms with Gasteiger partial charge in [-0.15, -0.1) is 0 Å². The maximum absolute atomic E-state index is 13.3. The van der Waals surface area contributed by atoms with Crippen LogP contribution in [0, 0.1) is 23.2 Å². The molecule has 0 aromatic heterocycles.